The molecule has 0 saturated carbocycles. The fraction of sp³-hybridized carbons (Fsp3) is 0.294. The maximum Gasteiger partial charge on any atom is 0.333 e. The van der Waals surface area contributed by atoms with Gasteiger partial charge in [0.1, 0.15) is 36.9 Å². The molecule has 0 fully saturated rings. The van der Waals surface area contributed by atoms with Crippen molar-refractivity contribution >= 4 is 59.0 Å². The molecule has 0 amide bonds. The van der Waals surface area contributed by atoms with E-state index in [4.69, 9.17) is 18.9 Å². The van der Waals surface area contributed by atoms with Crippen molar-refractivity contribution in [3.8, 4) is 11.5 Å². The van der Waals surface area contributed by atoms with Gasteiger partial charge in [-0.25, -0.2) is 9.59 Å². The average Bonchev–Trinajstić information content (AvgIpc) is 3.03. The summed E-state index contributed by atoms with van der Waals surface area (Å²) in [5, 5.41) is 0. The molecular formula is C34H38O6S4. The number of hydrogen-bond donors (Lipinski definition) is 0. The van der Waals surface area contributed by atoms with E-state index in [2.05, 4.69) is 61.7 Å². The van der Waals surface area contributed by atoms with Crippen molar-refractivity contribution in [1.82, 2.24) is 0 Å². The van der Waals surface area contributed by atoms with Crippen LogP contribution in [-0.4, -0.2) is 61.4 Å². The van der Waals surface area contributed by atoms with Crippen LogP contribution in [0.1, 0.15) is 13.8 Å². The number of hydrogen-bond acceptors (Lipinski definition) is 10. The number of rotatable bonds is 18. The van der Waals surface area contributed by atoms with Crippen LogP contribution in [0.5, 0.6) is 11.5 Å². The van der Waals surface area contributed by atoms with Crippen LogP contribution in [0.25, 0.3) is 0 Å². The summed E-state index contributed by atoms with van der Waals surface area (Å²) >= 11 is 6.55. The van der Waals surface area contributed by atoms with Gasteiger partial charge in [0, 0.05) is 48.3 Å². The lowest BCUT2D eigenvalue weighted by atomic mass is 10.3. The molecule has 2 unspecified atom stereocenters. The van der Waals surface area contributed by atoms with E-state index < -0.39 is 24.1 Å². The topological polar surface area (TPSA) is 71.1 Å². The van der Waals surface area contributed by atoms with Gasteiger partial charge in [-0.2, -0.15) is 0 Å². The van der Waals surface area contributed by atoms with Gasteiger partial charge >= 0.3 is 11.9 Å². The third-order valence-corrected chi connectivity index (χ3v) is 9.69. The Morgan fingerprint density at radius 3 is 1.34 bits per heavy atom. The van der Waals surface area contributed by atoms with E-state index in [1.165, 1.54) is 9.79 Å². The van der Waals surface area contributed by atoms with E-state index in [0.29, 0.717) is 34.2 Å². The van der Waals surface area contributed by atoms with E-state index in [1.54, 1.807) is 67.0 Å². The summed E-state index contributed by atoms with van der Waals surface area (Å²) < 4.78 is 23.4. The molecule has 10 heteroatoms. The van der Waals surface area contributed by atoms with E-state index in [1.807, 2.05) is 30.7 Å². The fourth-order valence-corrected chi connectivity index (χ4v) is 6.05. The number of benzene rings is 3. The minimum absolute atomic E-state index is 0.156. The van der Waals surface area contributed by atoms with Crippen LogP contribution in [0.2, 0.25) is 0 Å². The molecule has 0 N–H and O–H groups in total. The molecule has 0 radical (unpaired) electrons. The van der Waals surface area contributed by atoms with Gasteiger partial charge in [0.25, 0.3) is 0 Å². The summed E-state index contributed by atoms with van der Waals surface area (Å²) in [7, 11) is 0. The average molecular weight is 671 g/mol. The Labute approximate surface area is 277 Å². The number of carbonyl (C=O) groups excluding carboxylic acids is 2. The van der Waals surface area contributed by atoms with Gasteiger partial charge < -0.3 is 18.9 Å². The number of ether oxygens (including phenoxy) is 4. The maximum absolute atomic E-state index is 12.3. The minimum atomic E-state index is -0.498. The Bertz CT molecular complexity index is 1290. The van der Waals surface area contributed by atoms with Gasteiger partial charge in [-0.15, -0.1) is 47.0 Å². The first-order chi connectivity index (χ1) is 21.2. The van der Waals surface area contributed by atoms with Crippen molar-refractivity contribution in [3.63, 3.8) is 0 Å². The zero-order chi connectivity index (χ0) is 31.9. The van der Waals surface area contributed by atoms with Gasteiger partial charge in [0.15, 0.2) is 0 Å². The third kappa shape index (κ3) is 12.6. The summed E-state index contributed by atoms with van der Waals surface area (Å²) in [6, 6.07) is 23.7. The lowest BCUT2D eigenvalue weighted by molar-refractivity contribution is -0.145. The molecule has 0 aliphatic rings. The Balaban J connectivity index is 1.60. The third-order valence-electron chi connectivity index (χ3n) is 5.91. The van der Waals surface area contributed by atoms with E-state index in [0.717, 1.165) is 9.79 Å². The molecule has 44 heavy (non-hydrogen) atoms. The summed E-state index contributed by atoms with van der Waals surface area (Å²) in [5.41, 5.74) is 0.661. The first kappa shape index (κ1) is 35.6. The zero-order valence-electron chi connectivity index (χ0n) is 25.4. The Morgan fingerprint density at radius 2 is 1.00 bits per heavy atom. The summed E-state index contributed by atoms with van der Waals surface area (Å²) in [4.78, 5) is 29.1. The molecule has 3 rings (SSSR count). The van der Waals surface area contributed by atoms with Gasteiger partial charge in [-0.3, -0.25) is 0 Å². The Kier molecular flexibility index (Phi) is 15.2. The van der Waals surface area contributed by atoms with Crippen LogP contribution in [0.4, 0.5) is 0 Å². The summed E-state index contributed by atoms with van der Waals surface area (Å²) in [6.07, 6.45) is 3.08. The SMILES string of the molecule is C=C(C)C(=O)OC(COc1cccc(OCC(CSc2ccc(SC)cc2)OC(=O)C(=C)C)c1)CSc1ccc(SC)cc1. The molecule has 0 aliphatic heterocycles. The van der Waals surface area contributed by atoms with Crippen molar-refractivity contribution in [3.05, 3.63) is 97.1 Å². The van der Waals surface area contributed by atoms with Crippen molar-refractivity contribution in [2.24, 2.45) is 0 Å². The number of esters is 2. The van der Waals surface area contributed by atoms with Crippen molar-refractivity contribution < 1.29 is 28.5 Å². The van der Waals surface area contributed by atoms with E-state index >= 15 is 0 Å². The quantitative estimate of drug-likeness (QED) is 0.0748. The van der Waals surface area contributed by atoms with Gasteiger partial charge in [-0.05, 0) is 87.0 Å². The Morgan fingerprint density at radius 1 is 0.636 bits per heavy atom. The molecule has 0 spiro atoms. The standard InChI is InChI=1S/C34H38O6S4/c1-23(2)33(35)39-27(21-43-31-14-10-29(41-5)11-15-31)19-37-25-8-7-9-26(18-25)38-20-28(40-34(36)24(3)4)22-44-32-16-12-30(42-6)13-17-32/h7-18,27-28H,1,3,19-22H2,2,4-6H3. The lowest BCUT2D eigenvalue weighted by Crippen LogP contribution is -2.28. The second-order valence-corrected chi connectivity index (χ2v) is 13.6. The van der Waals surface area contributed by atoms with E-state index in [9.17, 15) is 9.59 Å². The van der Waals surface area contributed by atoms with Crippen molar-refractivity contribution in [2.45, 2.75) is 45.6 Å². The molecule has 2 atom stereocenters. The van der Waals surface area contributed by atoms with Gasteiger partial charge in [-0.1, -0.05) is 19.2 Å². The van der Waals surface area contributed by atoms with E-state index in [-0.39, 0.29) is 13.2 Å². The highest BCUT2D eigenvalue weighted by Gasteiger charge is 2.19. The summed E-state index contributed by atoms with van der Waals surface area (Å²) in [6.45, 7) is 10.9. The molecule has 0 saturated heterocycles. The van der Waals surface area contributed by atoms with Crippen LogP contribution < -0.4 is 9.47 Å². The van der Waals surface area contributed by atoms with Gasteiger partial charge in [0.05, 0.1) is 0 Å². The van der Waals surface area contributed by atoms with Crippen LogP contribution in [0.3, 0.4) is 0 Å². The largest absolute Gasteiger partial charge is 0.490 e. The normalized spacial score (nSPS) is 12.1. The predicted octanol–water partition coefficient (Wildman–Crippen LogP) is 8.45. The number of thioether (sulfide) groups is 4. The molecule has 234 valence electrons. The minimum Gasteiger partial charge on any atom is -0.490 e. The first-order valence-electron chi connectivity index (χ1n) is 13.8. The van der Waals surface area contributed by atoms with Crippen molar-refractivity contribution in [1.29, 1.82) is 0 Å². The highest BCUT2D eigenvalue weighted by molar-refractivity contribution is 8.00. The monoisotopic (exact) mass is 670 g/mol. The molecule has 0 aromatic heterocycles. The number of carbonyl (C=O) groups is 2. The van der Waals surface area contributed by atoms with Crippen LogP contribution in [0.15, 0.2) is 117 Å². The fourth-order valence-electron chi connectivity index (χ4n) is 3.49. The predicted molar refractivity (Wildman–Crippen MR) is 185 cm³/mol. The lowest BCUT2D eigenvalue weighted by Gasteiger charge is -2.20. The first-order valence-corrected chi connectivity index (χ1v) is 18.2. The molecule has 0 heterocycles. The molecule has 3 aromatic carbocycles. The Hall–Kier alpha value is -2.92. The van der Waals surface area contributed by atoms with Crippen LogP contribution in [0, 0.1) is 0 Å². The highest BCUT2D eigenvalue weighted by atomic mass is 32.2. The second kappa shape index (κ2) is 18.8. The van der Waals surface area contributed by atoms with Crippen LogP contribution >= 0.6 is 47.0 Å². The smallest absolute Gasteiger partial charge is 0.333 e. The molecule has 3 aromatic rings. The highest BCUT2D eigenvalue weighted by Crippen LogP contribution is 2.26. The molecular weight excluding hydrogens is 633 g/mol. The zero-order valence-corrected chi connectivity index (χ0v) is 28.7. The van der Waals surface area contributed by atoms with Crippen molar-refractivity contribution in [2.75, 3.05) is 37.2 Å². The second-order valence-electron chi connectivity index (χ2n) is 9.69. The van der Waals surface area contributed by atoms with Crippen LogP contribution in [-0.2, 0) is 19.1 Å². The summed E-state index contributed by atoms with van der Waals surface area (Å²) in [5.74, 6) is 1.24. The van der Waals surface area contributed by atoms with Gasteiger partial charge in [0.2, 0.25) is 0 Å². The molecule has 6 nitrogen and oxygen atoms in total. The maximum atomic E-state index is 12.3. The molecule has 0 bridgehead atoms. The molecule has 0 aliphatic carbocycles.